The predicted molar refractivity (Wildman–Crippen MR) is 43.7 cm³/mol. The molecule has 1 heterocycles. The third-order valence-corrected chi connectivity index (χ3v) is 1.41. The fourth-order valence-corrected chi connectivity index (χ4v) is 0.883. The average molecular weight is 133 g/mol. The van der Waals surface area contributed by atoms with E-state index in [1.807, 2.05) is 25.2 Å². The summed E-state index contributed by atoms with van der Waals surface area (Å²) in [7, 11) is 1.76. The maximum absolute atomic E-state index is 5.09. The topological polar surface area (TPSA) is 9.23 Å². The van der Waals surface area contributed by atoms with Gasteiger partial charge in [-0.1, -0.05) is 24.8 Å². The standard InChI is InChI=1S/C8H10BO/c1-3-5-8-7(4-2)6-10-9-8/h3-5H,2,6H2,1H3/b5-3-. The summed E-state index contributed by atoms with van der Waals surface area (Å²) in [6.07, 6.45) is 5.84. The Morgan fingerprint density at radius 3 is 3.10 bits per heavy atom. The van der Waals surface area contributed by atoms with Crippen LogP contribution in [0.3, 0.4) is 0 Å². The fourth-order valence-electron chi connectivity index (χ4n) is 0.883. The first-order chi connectivity index (χ1) is 4.88. The summed E-state index contributed by atoms with van der Waals surface area (Å²) in [5.41, 5.74) is 2.30. The number of rotatable bonds is 2. The Kier molecular flexibility index (Phi) is 2.52. The van der Waals surface area contributed by atoms with Gasteiger partial charge in [-0.05, 0) is 18.0 Å². The normalized spacial score (nSPS) is 18.1. The minimum Gasteiger partial charge on any atom is -0.430 e. The van der Waals surface area contributed by atoms with E-state index >= 15 is 0 Å². The van der Waals surface area contributed by atoms with Gasteiger partial charge in [0.1, 0.15) is 0 Å². The highest BCUT2D eigenvalue weighted by molar-refractivity contribution is 6.41. The van der Waals surface area contributed by atoms with Crippen molar-refractivity contribution in [2.45, 2.75) is 6.92 Å². The van der Waals surface area contributed by atoms with Gasteiger partial charge in [-0.2, -0.15) is 0 Å². The predicted octanol–water partition coefficient (Wildman–Crippen LogP) is 1.65. The molecule has 1 rings (SSSR count). The Balaban J connectivity index is 2.77. The highest BCUT2D eigenvalue weighted by Crippen LogP contribution is 2.13. The molecule has 0 aromatic heterocycles. The molecule has 0 fully saturated rings. The zero-order valence-electron chi connectivity index (χ0n) is 6.13. The molecule has 0 saturated heterocycles. The van der Waals surface area contributed by atoms with E-state index in [0.717, 1.165) is 11.0 Å². The minimum absolute atomic E-state index is 0.670. The van der Waals surface area contributed by atoms with Crippen molar-refractivity contribution in [2.24, 2.45) is 0 Å². The highest BCUT2D eigenvalue weighted by atomic mass is 16.4. The van der Waals surface area contributed by atoms with Gasteiger partial charge in [0.25, 0.3) is 0 Å². The Morgan fingerprint density at radius 2 is 2.50 bits per heavy atom. The van der Waals surface area contributed by atoms with E-state index in [-0.39, 0.29) is 0 Å². The van der Waals surface area contributed by atoms with Crippen LogP contribution in [0.2, 0.25) is 0 Å². The van der Waals surface area contributed by atoms with Gasteiger partial charge >= 0.3 is 7.48 Å². The molecule has 0 spiro atoms. The molecule has 0 unspecified atom stereocenters. The molecule has 1 radical (unpaired) electrons. The molecule has 0 aliphatic carbocycles. The first-order valence-corrected chi connectivity index (χ1v) is 3.31. The van der Waals surface area contributed by atoms with Crippen LogP contribution in [0.15, 0.2) is 35.9 Å². The summed E-state index contributed by atoms with van der Waals surface area (Å²) in [6, 6.07) is 0. The van der Waals surface area contributed by atoms with Gasteiger partial charge in [-0.3, -0.25) is 0 Å². The zero-order chi connectivity index (χ0) is 7.40. The Labute approximate surface area is 62.4 Å². The Hall–Kier alpha value is -0.755. The third kappa shape index (κ3) is 1.39. The van der Waals surface area contributed by atoms with Crippen LogP contribution in [0.5, 0.6) is 0 Å². The molecule has 0 atom stereocenters. The van der Waals surface area contributed by atoms with Gasteiger partial charge in [-0.15, -0.1) is 0 Å². The van der Waals surface area contributed by atoms with Crippen LogP contribution < -0.4 is 0 Å². The number of hydrogen-bond donors (Lipinski definition) is 0. The second-order valence-electron chi connectivity index (χ2n) is 2.11. The van der Waals surface area contributed by atoms with Gasteiger partial charge in [0.05, 0.1) is 6.61 Å². The molecule has 0 saturated carbocycles. The summed E-state index contributed by atoms with van der Waals surface area (Å²) in [5.74, 6) is 0. The van der Waals surface area contributed by atoms with E-state index in [1.54, 1.807) is 7.48 Å². The van der Waals surface area contributed by atoms with Crippen LogP contribution >= 0.6 is 0 Å². The lowest BCUT2D eigenvalue weighted by Crippen LogP contribution is -1.88. The smallest absolute Gasteiger partial charge is 0.330 e. The van der Waals surface area contributed by atoms with Crippen LogP contribution in [0.25, 0.3) is 0 Å². The summed E-state index contributed by atoms with van der Waals surface area (Å²) in [5, 5.41) is 0. The van der Waals surface area contributed by atoms with E-state index in [9.17, 15) is 0 Å². The van der Waals surface area contributed by atoms with Gasteiger partial charge in [0.2, 0.25) is 0 Å². The Morgan fingerprint density at radius 1 is 1.70 bits per heavy atom. The maximum Gasteiger partial charge on any atom is 0.330 e. The second kappa shape index (κ2) is 3.42. The Bertz CT molecular complexity index is 191. The van der Waals surface area contributed by atoms with Crippen LogP contribution in [-0.4, -0.2) is 14.1 Å². The third-order valence-electron chi connectivity index (χ3n) is 1.41. The largest absolute Gasteiger partial charge is 0.430 e. The lowest BCUT2D eigenvalue weighted by Gasteiger charge is -1.90. The van der Waals surface area contributed by atoms with Gasteiger partial charge in [-0.25, -0.2) is 0 Å². The molecule has 0 aromatic rings. The van der Waals surface area contributed by atoms with E-state index in [1.165, 1.54) is 0 Å². The molecule has 10 heavy (non-hydrogen) atoms. The summed E-state index contributed by atoms with van der Waals surface area (Å²) >= 11 is 0. The van der Waals surface area contributed by atoms with E-state index in [4.69, 9.17) is 4.65 Å². The summed E-state index contributed by atoms with van der Waals surface area (Å²) < 4.78 is 5.09. The summed E-state index contributed by atoms with van der Waals surface area (Å²) in [4.78, 5) is 0. The molecule has 0 amide bonds. The molecule has 1 aliphatic rings. The lowest BCUT2D eigenvalue weighted by molar-refractivity contribution is 0.396. The highest BCUT2D eigenvalue weighted by Gasteiger charge is 2.10. The van der Waals surface area contributed by atoms with E-state index < -0.39 is 0 Å². The molecule has 1 aliphatic heterocycles. The van der Waals surface area contributed by atoms with Gasteiger partial charge in [0, 0.05) is 0 Å². The molecule has 2 heteroatoms. The quantitative estimate of drug-likeness (QED) is 0.520. The van der Waals surface area contributed by atoms with E-state index in [0.29, 0.717) is 6.61 Å². The van der Waals surface area contributed by atoms with Crippen molar-refractivity contribution < 1.29 is 4.65 Å². The molecule has 51 valence electrons. The molecular formula is C8H10BO. The van der Waals surface area contributed by atoms with E-state index in [2.05, 4.69) is 6.58 Å². The zero-order valence-corrected chi connectivity index (χ0v) is 6.13. The first kappa shape index (κ1) is 7.35. The van der Waals surface area contributed by atoms with Crippen LogP contribution in [-0.2, 0) is 4.65 Å². The molecular weight excluding hydrogens is 123 g/mol. The SMILES string of the molecule is C=CC1=C(/C=C\C)[B]OC1. The van der Waals surface area contributed by atoms with Crippen molar-refractivity contribution in [3.05, 3.63) is 35.9 Å². The molecule has 0 N–H and O–H groups in total. The van der Waals surface area contributed by atoms with Crippen molar-refractivity contribution >= 4 is 7.48 Å². The fraction of sp³-hybridized carbons (Fsp3) is 0.250. The van der Waals surface area contributed by atoms with Crippen LogP contribution in [0, 0.1) is 0 Å². The number of hydrogen-bond acceptors (Lipinski definition) is 1. The van der Waals surface area contributed by atoms with Crippen molar-refractivity contribution in [3.8, 4) is 0 Å². The van der Waals surface area contributed by atoms with Crippen LogP contribution in [0.4, 0.5) is 0 Å². The van der Waals surface area contributed by atoms with Crippen molar-refractivity contribution in [1.29, 1.82) is 0 Å². The first-order valence-electron chi connectivity index (χ1n) is 3.31. The molecule has 1 nitrogen and oxygen atoms in total. The summed E-state index contributed by atoms with van der Waals surface area (Å²) in [6.45, 7) is 6.34. The number of allylic oxidation sites excluding steroid dienone is 3. The van der Waals surface area contributed by atoms with Crippen LogP contribution in [0.1, 0.15) is 6.92 Å². The molecule has 0 aromatic carbocycles. The van der Waals surface area contributed by atoms with Crippen molar-refractivity contribution in [2.75, 3.05) is 6.61 Å². The minimum atomic E-state index is 0.670. The van der Waals surface area contributed by atoms with Gasteiger partial charge in [0.15, 0.2) is 0 Å². The monoisotopic (exact) mass is 133 g/mol. The molecule has 0 bridgehead atoms. The second-order valence-corrected chi connectivity index (χ2v) is 2.11. The maximum atomic E-state index is 5.09. The van der Waals surface area contributed by atoms with Crippen molar-refractivity contribution in [1.82, 2.24) is 0 Å². The lowest BCUT2D eigenvalue weighted by atomic mass is 9.86. The van der Waals surface area contributed by atoms with Crippen molar-refractivity contribution in [3.63, 3.8) is 0 Å². The van der Waals surface area contributed by atoms with Gasteiger partial charge < -0.3 is 4.65 Å². The average Bonchev–Trinajstić information content (AvgIpc) is 2.36.